The van der Waals surface area contributed by atoms with Crippen molar-refractivity contribution in [2.45, 2.75) is 32.2 Å². The Kier molecular flexibility index (Phi) is 4.72. The Labute approximate surface area is 193 Å². The Morgan fingerprint density at radius 1 is 0.848 bits per heavy atom. The van der Waals surface area contributed by atoms with Crippen LogP contribution in [0.4, 0.5) is 11.4 Å². The van der Waals surface area contributed by atoms with Gasteiger partial charge < -0.3 is 4.90 Å². The molecule has 1 saturated heterocycles. The third kappa shape index (κ3) is 3.03. The summed E-state index contributed by atoms with van der Waals surface area (Å²) in [5.74, 6) is -1.92. The van der Waals surface area contributed by atoms with Gasteiger partial charge in [-0.25, -0.2) is 8.42 Å². The Bertz CT molecular complexity index is 1410. The molecule has 0 aromatic heterocycles. The molecule has 1 unspecified atom stereocenters. The number of aryl methyl sites for hydroxylation is 3. The first-order valence-electron chi connectivity index (χ1n) is 10.8. The van der Waals surface area contributed by atoms with Crippen molar-refractivity contribution >= 4 is 33.0 Å². The molecule has 1 spiro atoms. The molecule has 168 valence electrons. The Balaban J connectivity index is 1.75. The van der Waals surface area contributed by atoms with E-state index in [1.54, 1.807) is 36.4 Å². The van der Waals surface area contributed by atoms with Crippen molar-refractivity contribution < 1.29 is 18.0 Å². The minimum Gasteiger partial charge on any atom is -0.304 e. The number of anilines is 2. The SMILES string of the molecule is Cc1cccc(CN2C(=O)C3(c4ccccc42)N(c2cc(C)cc(C)c2)C(=O)CS3(=O)=O)c1. The van der Waals surface area contributed by atoms with Crippen molar-refractivity contribution in [1.29, 1.82) is 0 Å². The first-order valence-corrected chi connectivity index (χ1v) is 12.4. The number of fused-ring (bicyclic) bond motifs is 2. The standard InChI is InChI=1S/C26H24N2O4S/c1-17-7-6-8-20(12-17)15-27-23-10-5-4-9-22(23)26(25(27)30)28(24(29)16-33(26,31)32)21-13-18(2)11-19(3)14-21/h4-14H,15-16H2,1-3H3. The monoisotopic (exact) mass is 460 g/mol. The fourth-order valence-electron chi connectivity index (χ4n) is 5.12. The van der Waals surface area contributed by atoms with Crippen molar-refractivity contribution in [3.05, 3.63) is 94.5 Å². The highest BCUT2D eigenvalue weighted by atomic mass is 32.2. The van der Waals surface area contributed by atoms with Crippen molar-refractivity contribution in [2.24, 2.45) is 0 Å². The molecule has 0 aliphatic carbocycles. The summed E-state index contributed by atoms with van der Waals surface area (Å²) in [7, 11) is -4.17. The van der Waals surface area contributed by atoms with Gasteiger partial charge in [-0.3, -0.25) is 14.5 Å². The van der Waals surface area contributed by atoms with E-state index in [1.165, 1.54) is 9.80 Å². The largest absolute Gasteiger partial charge is 0.304 e. The first-order chi connectivity index (χ1) is 15.6. The van der Waals surface area contributed by atoms with E-state index in [2.05, 4.69) is 0 Å². The lowest BCUT2D eigenvalue weighted by Gasteiger charge is -2.33. The molecule has 3 aromatic carbocycles. The van der Waals surface area contributed by atoms with E-state index in [9.17, 15) is 18.0 Å². The van der Waals surface area contributed by atoms with E-state index in [4.69, 9.17) is 0 Å². The molecule has 5 rings (SSSR count). The quantitative estimate of drug-likeness (QED) is 0.596. The fourth-order valence-corrected chi connectivity index (χ4v) is 7.15. The molecule has 6 nitrogen and oxygen atoms in total. The summed E-state index contributed by atoms with van der Waals surface area (Å²) in [5, 5.41) is 0. The van der Waals surface area contributed by atoms with E-state index in [1.807, 2.05) is 51.1 Å². The van der Waals surface area contributed by atoms with Crippen LogP contribution >= 0.6 is 0 Å². The molecule has 1 atom stereocenters. The summed E-state index contributed by atoms with van der Waals surface area (Å²) in [6.07, 6.45) is 0. The van der Waals surface area contributed by atoms with Gasteiger partial charge in [-0.2, -0.15) is 0 Å². The summed E-state index contributed by atoms with van der Waals surface area (Å²) in [6, 6.07) is 20.1. The molecule has 2 amide bonds. The zero-order valence-electron chi connectivity index (χ0n) is 18.7. The van der Waals surface area contributed by atoms with Gasteiger partial charge in [0.25, 0.3) is 10.8 Å². The van der Waals surface area contributed by atoms with Crippen molar-refractivity contribution in [3.63, 3.8) is 0 Å². The third-order valence-electron chi connectivity index (χ3n) is 6.31. The van der Waals surface area contributed by atoms with Crippen molar-refractivity contribution in [2.75, 3.05) is 15.6 Å². The molecule has 0 N–H and O–H groups in total. The number of para-hydroxylation sites is 1. The summed E-state index contributed by atoms with van der Waals surface area (Å²) < 4.78 is 27.3. The van der Waals surface area contributed by atoms with Crippen molar-refractivity contribution in [3.8, 4) is 0 Å². The zero-order chi connectivity index (χ0) is 23.5. The Morgan fingerprint density at radius 3 is 2.24 bits per heavy atom. The van der Waals surface area contributed by atoms with Crippen LogP contribution in [0.5, 0.6) is 0 Å². The van der Waals surface area contributed by atoms with Crippen molar-refractivity contribution in [1.82, 2.24) is 0 Å². The summed E-state index contributed by atoms with van der Waals surface area (Å²) in [4.78, 5) is 28.0. The van der Waals surface area contributed by atoms with E-state index in [0.717, 1.165) is 22.3 Å². The number of nitrogens with zero attached hydrogens (tertiary/aromatic N) is 2. The maximum absolute atomic E-state index is 14.1. The number of sulfone groups is 1. The van der Waals surface area contributed by atoms with Crippen LogP contribution in [0.2, 0.25) is 0 Å². The van der Waals surface area contributed by atoms with E-state index >= 15 is 0 Å². The number of hydrogen-bond donors (Lipinski definition) is 0. The normalized spacial score (nSPS) is 21.2. The van der Waals surface area contributed by atoms with Crippen LogP contribution in [0.15, 0.2) is 66.7 Å². The molecule has 0 bridgehead atoms. The fraction of sp³-hybridized carbons (Fsp3) is 0.231. The van der Waals surface area contributed by atoms with Crippen LogP contribution in [0, 0.1) is 20.8 Å². The van der Waals surface area contributed by atoms with Crippen LogP contribution < -0.4 is 9.80 Å². The minimum atomic E-state index is -4.17. The molecule has 3 aromatic rings. The van der Waals surface area contributed by atoms with Gasteiger partial charge in [0.1, 0.15) is 5.75 Å². The summed E-state index contributed by atoms with van der Waals surface area (Å²) >= 11 is 0. The number of benzene rings is 3. The molecule has 0 saturated carbocycles. The second-order valence-electron chi connectivity index (χ2n) is 8.88. The highest BCUT2D eigenvalue weighted by Gasteiger charge is 2.69. The van der Waals surface area contributed by atoms with Crippen LogP contribution in [0.25, 0.3) is 0 Å². The van der Waals surface area contributed by atoms with E-state index in [0.29, 0.717) is 16.9 Å². The second kappa shape index (κ2) is 7.28. The van der Waals surface area contributed by atoms with Gasteiger partial charge >= 0.3 is 0 Å². The molecule has 2 heterocycles. The number of amides is 2. The van der Waals surface area contributed by atoms with Crippen LogP contribution in [0.3, 0.4) is 0 Å². The predicted octanol–water partition coefficient (Wildman–Crippen LogP) is 3.77. The molecule has 2 aliphatic rings. The summed E-state index contributed by atoms with van der Waals surface area (Å²) in [6.45, 7) is 5.94. The molecule has 1 fully saturated rings. The maximum atomic E-state index is 14.1. The number of carbonyl (C=O) groups excluding carboxylic acids is 2. The van der Waals surface area contributed by atoms with E-state index in [-0.39, 0.29) is 6.54 Å². The lowest BCUT2D eigenvalue weighted by molar-refractivity contribution is -0.123. The molecule has 2 aliphatic heterocycles. The molecule has 0 radical (unpaired) electrons. The van der Waals surface area contributed by atoms with Gasteiger partial charge in [-0.05, 0) is 55.7 Å². The molecule has 7 heteroatoms. The van der Waals surface area contributed by atoms with Crippen LogP contribution in [-0.4, -0.2) is 26.0 Å². The minimum absolute atomic E-state index is 0.212. The van der Waals surface area contributed by atoms with Gasteiger partial charge in [0, 0.05) is 11.3 Å². The number of carbonyl (C=O) groups is 2. The van der Waals surface area contributed by atoms with Crippen LogP contribution in [0.1, 0.15) is 27.8 Å². The average Bonchev–Trinajstić information content (AvgIpc) is 3.10. The first kappa shape index (κ1) is 21.4. The van der Waals surface area contributed by atoms with Gasteiger partial charge in [0.15, 0.2) is 9.84 Å². The van der Waals surface area contributed by atoms with Gasteiger partial charge in [-0.15, -0.1) is 0 Å². The van der Waals surface area contributed by atoms with Gasteiger partial charge in [0.2, 0.25) is 5.91 Å². The highest BCUT2D eigenvalue weighted by molar-refractivity contribution is 7.94. The summed E-state index contributed by atoms with van der Waals surface area (Å²) in [5.41, 5.74) is 4.95. The molecular formula is C26H24N2O4S. The second-order valence-corrected chi connectivity index (χ2v) is 11.0. The smallest absolute Gasteiger partial charge is 0.274 e. The maximum Gasteiger partial charge on any atom is 0.274 e. The van der Waals surface area contributed by atoms with Gasteiger partial charge in [0.05, 0.1) is 12.2 Å². The predicted molar refractivity (Wildman–Crippen MR) is 128 cm³/mol. The topological polar surface area (TPSA) is 74.8 Å². The average molecular weight is 461 g/mol. The number of rotatable bonds is 3. The zero-order valence-corrected chi connectivity index (χ0v) is 19.5. The third-order valence-corrected chi connectivity index (χ3v) is 8.41. The molecule has 33 heavy (non-hydrogen) atoms. The van der Waals surface area contributed by atoms with E-state index < -0.39 is 32.3 Å². The highest BCUT2D eigenvalue weighted by Crippen LogP contribution is 2.52. The van der Waals surface area contributed by atoms with Gasteiger partial charge in [-0.1, -0.05) is 54.1 Å². The number of hydrogen-bond acceptors (Lipinski definition) is 4. The molecular weight excluding hydrogens is 436 g/mol. The lowest BCUT2D eigenvalue weighted by Crippen LogP contribution is -2.54. The Hall–Kier alpha value is -3.45. The van der Waals surface area contributed by atoms with Crippen LogP contribution in [-0.2, 0) is 30.8 Å². The Morgan fingerprint density at radius 2 is 1.55 bits per heavy atom. The lowest BCUT2D eigenvalue weighted by atomic mass is 10.0.